The summed E-state index contributed by atoms with van der Waals surface area (Å²) in [6.07, 6.45) is 0. The van der Waals surface area contributed by atoms with E-state index in [9.17, 15) is 19.8 Å². The summed E-state index contributed by atoms with van der Waals surface area (Å²) in [5.41, 5.74) is -1.64. The van der Waals surface area contributed by atoms with Gasteiger partial charge in [-0.2, -0.15) is 0 Å². The number of carbonyl (C=O) groups is 2. The first-order chi connectivity index (χ1) is 16.1. The molecule has 2 N–H and O–H groups in total. The molecule has 1 unspecified atom stereocenters. The summed E-state index contributed by atoms with van der Waals surface area (Å²) in [5, 5.41) is 21.6. The van der Waals surface area contributed by atoms with Gasteiger partial charge in [-0.05, 0) is 42.5 Å². The second kappa shape index (κ2) is 9.00. The molecule has 0 saturated carbocycles. The highest BCUT2D eigenvalue weighted by Gasteiger charge is 2.53. The van der Waals surface area contributed by atoms with Crippen LogP contribution in [-0.4, -0.2) is 36.3 Å². The summed E-state index contributed by atoms with van der Waals surface area (Å²) < 4.78 is 10.7. The average Bonchev–Trinajstić information content (AvgIpc) is 3.02. The molecule has 176 valence electrons. The number of nitrogens with zero attached hydrogens (tertiary/aromatic N) is 1. The van der Waals surface area contributed by atoms with Crippen molar-refractivity contribution < 1.29 is 29.3 Å². The van der Waals surface area contributed by atoms with Crippen molar-refractivity contribution in [3.63, 3.8) is 0 Å². The quantitative estimate of drug-likeness (QED) is 0.465. The molecule has 1 atom stereocenters. The van der Waals surface area contributed by atoms with Crippen LogP contribution in [0.15, 0.2) is 48.5 Å². The van der Waals surface area contributed by atoms with Crippen LogP contribution in [0.2, 0.25) is 15.1 Å². The number of aromatic carboxylic acids is 1. The Labute approximate surface area is 210 Å². The van der Waals surface area contributed by atoms with E-state index in [2.05, 4.69) is 0 Å². The molecule has 0 fully saturated rings. The van der Waals surface area contributed by atoms with Crippen LogP contribution in [0.1, 0.15) is 27.0 Å². The Kier molecular flexibility index (Phi) is 6.40. The van der Waals surface area contributed by atoms with Gasteiger partial charge in [0.2, 0.25) is 0 Å². The number of carbonyl (C=O) groups excluding carboxylic acids is 1. The Bertz CT molecular complexity index is 1330. The van der Waals surface area contributed by atoms with Crippen LogP contribution in [0.25, 0.3) is 0 Å². The van der Waals surface area contributed by atoms with Gasteiger partial charge >= 0.3 is 5.97 Å². The number of methoxy groups -OCH3 is 2. The zero-order valence-corrected chi connectivity index (χ0v) is 20.2. The zero-order chi connectivity index (χ0) is 24.8. The maximum absolute atomic E-state index is 13.8. The number of aliphatic hydroxyl groups is 1. The second-order valence-corrected chi connectivity index (χ2v) is 8.81. The molecule has 0 aliphatic carbocycles. The lowest BCUT2D eigenvalue weighted by Gasteiger charge is -2.25. The minimum atomic E-state index is -2.33. The average molecular weight is 523 g/mol. The molecule has 0 radical (unpaired) electrons. The maximum atomic E-state index is 13.8. The number of amides is 1. The fourth-order valence-electron chi connectivity index (χ4n) is 4.03. The summed E-state index contributed by atoms with van der Waals surface area (Å²) in [6.45, 7) is -0.0150. The lowest BCUT2D eigenvalue weighted by molar-refractivity contribution is -0.132. The van der Waals surface area contributed by atoms with E-state index in [0.29, 0.717) is 17.1 Å². The molecule has 10 heteroatoms. The van der Waals surface area contributed by atoms with E-state index in [4.69, 9.17) is 44.3 Å². The Morgan fingerprint density at radius 1 is 0.971 bits per heavy atom. The Hall–Kier alpha value is -2.97. The van der Waals surface area contributed by atoms with Gasteiger partial charge in [-0.1, -0.05) is 34.8 Å². The summed E-state index contributed by atoms with van der Waals surface area (Å²) >= 11 is 19.1. The molecule has 1 heterocycles. The van der Waals surface area contributed by atoms with Crippen molar-refractivity contribution in [2.45, 2.75) is 12.1 Å². The molecular weight excluding hydrogens is 505 g/mol. The fraction of sp³-hybridized carbons (Fsp3) is 0.167. The van der Waals surface area contributed by atoms with Crippen molar-refractivity contribution in [3.8, 4) is 11.5 Å². The normalized spacial score (nSPS) is 17.0. The molecule has 34 heavy (non-hydrogen) atoms. The predicted octanol–water partition coefficient (Wildman–Crippen LogP) is 5.14. The van der Waals surface area contributed by atoms with Crippen LogP contribution in [0, 0.1) is 0 Å². The summed E-state index contributed by atoms with van der Waals surface area (Å²) in [4.78, 5) is 26.7. The van der Waals surface area contributed by atoms with E-state index in [-0.39, 0.29) is 44.0 Å². The van der Waals surface area contributed by atoms with Gasteiger partial charge < -0.3 is 24.6 Å². The van der Waals surface area contributed by atoms with Crippen molar-refractivity contribution in [2.75, 3.05) is 19.1 Å². The molecular formula is C24H18Cl3NO6. The third-order valence-electron chi connectivity index (χ3n) is 5.67. The fourth-order valence-corrected chi connectivity index (χ4v) is 4.88. The number of carboxylic acids is 1. The number of anilines is 1. The molecule has 0 aromatic heterocycles. The number of hydrogen-bond acceptors (Lipinski definition) is 5. The first-order valence-corrected chi connectivity index (χ1v) is 11.0. The van der Waals surface area contributed by atoms with Crippen LogP contribution in [0.3, 0.4) is 0 Å². The van der Waals surface area contributed by atoms with Crippen LogP contribution >= 0.6 is 34.8 Å². The number of benzene rings is 3. The van der Waals surface area contributed by atoms with Crippen molar-refractivity contribution >= 4 is 52.4 Å². The van der Waals surface area contributed by atoms with Crippen LogP contribution in [0.4, 0.5) is 5.69 Å². The Morgan fingerprint density at radius 2 is 1.71 bits per heavy atom. The lowest BCUT2D eigenvalue weighted by Crippen LogP contribution is -2.41. The first-order valence-electron chi connectivity index (χ1n) is 9.89. The van der Waals surface area contributed by atoms with Crippen LogP contribution < -0.4 is 14.4 Å². The van der Waals surface area contributed by atoms with Gasteiger partial charge in [-0.3, -0.25) is 4.79 Å². The highest BCUT2D eigenvalue weighted by atomic mass is 35.5. The predicted molar refractivity (Wildman–Crippen MR) is 129 cm³/mol. The highest BCUT2D eigenvalue weighted by Crippen LogP contribution is 2.51. The van der Waals surface area contributed by atoms with Gasteiger partial charge in [0.05, 0.1) is 37.0 Å². The number of halogens is 3. The van der Waals surface area contributed by atoms with Gasteiger partial charge in [-0.25, -0.2) is 4.79 Å². The number of ether oxygens (including phenoxy) is 2. The summed E-state index contributed by atoms with van der Waals surface area (Å²) in [6, 6.07) is 11.7. The van der Waals surface area contributed by atoms with Gasteiger partial charge in [0.25, 0.3) is 5.91 Å². The van der Waals surface area contributed by atoms with Crippen molar-refractivity contribution in [1.82, 2.24) is 0 Å². The monoisotopic (exact) mass is 521 g/mol. The third-order valence-corrected chi connectivity index (χ3v) is 6.50. The molecule has 0 saturated heterocycles. The van der Waals surface area contributed by atoms with E-state index in [1.165, 1.54) is 49.5 Å². The maximum Gasteiger partial charge on any atom is 0.335 e. The lowest BCUT2D eigenvalue weighted by atomic mass is 9.86. The number of hydrogen-bond donors (Lipinski definition) is 2. The molecule has 3 aromatic carbocycles. The van der Waals surface area contributed by atoms with Gasteiger partial charge in [0.1, 0.15) is 11.5 Å². The van der Waals surface area contributed by atoms with E-state index < -0.39 is 17.5 Å². The van der Waals surface area contributed by atoms with Crippen LogP contribution in [0.5, 0.6) is 11.5 Å². The molecule has 0 spiro atoms. The zero-order valence-electron chi connectivity index (χ0n) is 17.9. The molecule has 0 bridgehead atoms. The topological polar surface area (TPSA) is 96.3 Å². The Morgan fingerprint density at radius 3 is 2.35 bits per heavy atom. The number of carboxylic acid groups (broad SMARTS) is 1. The number of rotatable bonds is 6. The van der Waals surface area contributed by atoms with Crippen molar-refractivity contribution in [3.05, 3.63) is 85.9 Å². The van der Waals surface area contributed by atoms with Crippen molar-refractivity contribution in [2.24, 2.45) is 0 Å². The van der Waals surface area contributed by atoms with E-state index >= 15 is 0 Å². The molecule has 4 rings (SSSR count). The standard InChI is InChI=1S/C24H18Cl3NO6/c1-33-15-5-3-13(20(10-15)34-2)11-28-21-17(8-14(25)9-19(21)27)24(32,23(28)31)16-7-12(22(29)30)4-6-18(16)26/h3-10,32H,11H2,1-2H3,(H,29,30). The third kappa shape index (κ3) is 3.84. The first kappa shape index (κ1) is 24.2. The van der Waals surface area contributed by atoms with E-state index in [0.717, 1.165) is 0 Å². The number of fused-ring (bicyclic) bond motifs is 1. The highest BCUT2D eigenvalue weighted by molar-refractivity contribution is 6.38. The molecule has 7 nitrogen and oxygen atoms in total. The molecule has 1 amide bonds. The largest absolute Gasteiger partial charge is 0.497 e. The molecule has 3 aromatic rings. The smallest absolute Gasteiger partial charge is 0.335 e. The minimum absolute atomic E-state index is 0.00627. The second-order valence-electron chi connectivity index (χ2n) is 7.56. The van der Waals surface area contributed by atoms with E-state index in [1.807, 2.05) is 0 Å². The van der Waals surface area contributed by atoms with Gasteiger partial charge in [-0.15, -0.1) is 0 Å². The van der Waals surface area contributed by atoms with E-state index in [1.54, 1.807) is 18.2 Å². The SMILES string of the molecule is COc1ccc(CN2C(=O)C(O)(c3cc(C(=O)O)ccc3Cl)c3cc(Cl)cc(Cl)c32)c(OC)c1. The van der Waals surface area contributed by atoms with Crippen molar-refractivity contribution in [1.29, 1.82) is 0 Å². The minimum Gasteiger partial charge on any atom is -0.497 e. The summed E-state index contributed by atoms with van der Waals surface area (Å²) in [7, 11) is 3.01. The Balaban J connectivity index is 1.92. The van der Waals surface area contributed by atoms with Gasteiger partial charge in [0.15, 0.2) is 5.60 Å². The van der Waals surface area contributed by atoms with Crippen LogP contribution in [-0.2, 0) is 16.9 Å². The van der Waals surface area contributed by atoms with Gasteiger partial charge in [0, 0.05) is 32.8 Å². The molecule has 1 aliphatic heterocycles. The summed E-state index contributed by atoms with van der Waals surface area (Å²) in [5.74, 6) is -0.988. The molecule has 1 aliphatic rings.